The smallest absolute Gasteiger partial charge is 0.177 e. The summed E-state index contributed by atoms with van der Waals surface area (Å²) in [5, 5.41) is 33.1. The molecule has 0 spiro atoms. The molecule has 1 aromatic heterocycles. The van der Waals surface area contributed by atoms with Crippen molar-refractivity contribution >= 4 is 38.6 Å². The quantitative estimate of drug-likeness (QED) is 0.104. The number of β-amino-alcohol motifs (C(OH)–C–C–N with tert-alkyl or cyclic N) is 1. The van der Waals surface area contributed by atoms with Gasteiger partial charge in [0.1, 0.15) is 35.2 Å². The Labute approximate surface area is 322 Å². The van der Waals surface area contributed by atoms with Crippen molar-refractivity contribution in [3.63, 3.8) is 0 Å². The van der Waals surface area contributed by atoms with Crippen LogP contribution in [0.1, 0.15) is 43.4 Å². The number of halogens is 2. The summed E-state index contributed by atoms with van der Waals surface area (Å²) in [6, 6.07) is 14.7. The molecule has 14 heteroatoms. The van der Waals surface area contributed by atoms with Crippen LogP contribution in [0.4, 0.5) is 0 Å². The molecule has 3 aromatic rings. The van der Waals surface area contributed by atoms with Crippen LogP contribution in [0, 0.1) is 0 Å². The number of hydrogen-bond acceptors (Lipinski definition) is 11. The van der Waals surface area contributed by atoms with Gasteiger partial charge >= 0.3 is 0 Å². The van der Waals surface area contributed by atoms with E-state index in [0.29, 0.717) is 35.8 Å². The molecule has 0 radical (unpaired) electrons. The molecular weight excluding hydrogens is 741 g/mol. The molecule has 0 saturated carbocycles. The normalized spacial score (nSPS) is 22.2. The lowest BCUT2D eigenvalue weighted by molar-refractivity contribution is -0.0540. The van der Waals surface area contributed by atoms with Gasteiger partial charge in [0, 0.05) is 68.6 Å². The third kappa shape index (κ3) is 10.2. The Hall–Kier alpha value is -3.04. The van der Waals surface area contributed by atoms with Gasteiger partial charge in [0.2, 0.25) is 0 Å². The Morgan fingerprint density at radius 2 is 1.85 bits per heavy atom. The molecule has 2 aliphatic rings. The second kappa shape index (κ2) is 17.6. The molecule has 1 fully saturated rings. The van der Waals surface area contributed by atoms with Crippen LogP contribution in [0.5, 0.6) is 11.5 Å². The lowest BCUT2D eigenvalue weighted by Crippen LogP contribution is -2.55. The molecule has 2 aromatic carbocycles. The van der Waals surface area contributed by atoms with Crippen molar-refractivity contribution in [3.05, 3.63) is 101 Å². The van der Waals surface area contributed by atoms with Crippen molar-refractivity contribution in [2.75, 3.05) is 52.3 Å². The van der Waals surface area contributed by atoms with Crippen LogP contribution in [0.3, 0.4) is 0 Å². The Morgan fingerprint density at radius 3 is 2.53 bits per heavy atom. The molecule has 4 N–H and O–H groups in total. The van der Waals surface area contributed by atoms with E-state index in [9.17, 15) is 23.7 Å². The second-order valence-electron chi connectivity index (χ2n) is 14.1. The number of aliphatic hydroxyl groups is 3. The number of aliphatic hydroxyl groups excluding tert-OH is 3. The maximum Gasteiger partial charge on any atom is 0.177 e. The molecule has 1 saturated heterocycles. The van der Waals surface area contributed by atoms with E-state index in [4.69, 9.17) is 37.4 Å². The predicted molar refractivity (Wildman–Crippen MR) is 206 cm³/mol. The van der Waals surface area contributed by atoms with Gasteiger partial charge in [0.15, 0.2) is 9.84 Å². The molecule has 2 unspecified atom stereocenters. The molecule has 288 valence electrons. The van der Waals surface area contributed by atoms with Crippen LogP contribution >= 0.6 is 23.2 Å². The van der Waals surface area contributed by atoms with Crippen LogP contribution in [-0.2, 0) is 27.7 Å². The molecule has 2 heterocycles. The van der Waals surface area contributed by atoms with Crippen molar-refractivity contribution in [2.45, 2.75) is 66.9 Å². The highest BCUT2D eigenvalue weighted by Crippen LogP contribution is 2.48. The number of nitrogens with one attached hydrogen (secondary N) is 1. The van der Waals surface area contributed by atoms with E-state index in [-0.39, 0.29) is 49.0 Å². The first-order valence-corrected chi connectivity index (χ1v) is 20.2. The first-order chi connectivity index (χ1) is 25.2. The van der Waals surface area contributed by atoms with Crippen LogP contribution in [0.2, 0.25) is 5.02 Å². The van der Waals surface area contributed by atoms with Gasteiger partial charge in [-0.15, -0.1) is 11.6 Å². The van der Waals surface area contributed by atoms with Crippen molar-refractivity contribution in [2.24, 2.45) is 0 Å². The lowest BCUT2D eigenvalue weighted by atomic mass is 9.76. The van der Waals surface area contributed by atoms with Gasteiger partial charge in [0.25, 0.3) is 0 Å². The van der Waals surface area contributed by atoms with Crippen molar-refractivity contribution in [3.8, 4) is 11.5 Å². The molecule has 53 heavy (non-hydrogen) atoms. The Bertz CT molecular complexity index is 1870. The number of alkyl halides is 1. The zero-order valence-corrected chi connectivity index (χ0v) is 32.6. The summed E-state index contributed by atoms with van der Waals surface area (Å²) in [5.74, 6) is 0.673. The van der Waals surface area contributed by atoms with Gasteiger partial charge in [-0.1, -0.05) is 54.1 Å². The molecule has 0 amide bonds. The third-order valence-electron chi connectivity index (χ3n) is 9.79. The summed E-state index contributed by atoms with van der Waals surface area (Å²) < 4.78 is 43.8. The fourth-order valence-electron chi connectivity index (χ4n) is 6.31. The van der Waals surface area contributed by atoms with Crippen molar-refractivity contribution in [1.82, 2.24) is 15.2 Å². The minimum atomic E-state index is -3.49. The number of pyridine rings is 1. The number of allylic oxidation sites excluding steroid dienone is 2. The Balaban J connectivity index is 1.43. The first-order valence-electron chi connectivity index (χ1n) is 17.6. The Morgan fingerprint density at radius 1 is 1.09 bits per heavy atom. The number of nitrogens with zero attached hydrogens (tertiary/aromatic N) is 2. The molecule has 1 aliphatic carbocycles. The minimum Gasteiger partial charge on any atom is -0.488 e. The summed E-state index contributed by atoms with van der Waals surface area (Å²) in [7, 11) is -3.49. The zero-order valence-electron chi connectivity index (χ0n) is 30.3. The highest BCUT2D eigenvalue weighted by Gasteiger charge is 2.51. The standard InChI is InChI=1S/C39H49Cl2N3O8S/c1-37(25-45,26-46)43-21-30-18-34(40)36(19-35(30)50-24-28-17-32(22-42-20-28)53(3,48)49)51-27-39(52-16-8-14-44-15-12-31(47)23-44)13-7-11-33(38(39,2)41)29-9-5-4-6-10-29/h4-7,9-11,13,17-20,22,31,43,45-47H,8,12,14-16,21,23-27H2,1-3H3/t31?,38-,39?/m1/s1. The number of rotatable bonds is 18. The van der Waals surface area contributed by atoms with Crippen LogP contribution < -0.4 is 14.8 Å². The fraction of sp³-hybridized carbons (Fsp3) is 0.462. The Kier molecular flexibility index (Phi) is 13.7. The molecular formula is C39H49Cl2N3O8S. The maximum absolute atomic E-state index is 12.2. The average molecular weight is 791 g/mol. The fourth-order valence-corrected chi connectivity index (χ4v) is 7.52. The first kappa shape index (κ1) is 41.1. The molecule has 3 atom stereocenters. The maximum atomic E-state index is 12.2. The average Bonchev–Trinajstić information content (AvgIpc) is 3.56. The number of likely N-dealkylation sites (tertiary alicyclic amines) is 1. The van der Waals surface area contributed by atoms with Gasteiger partial charge in [-0.25, -0.2) is 8.42 Å². The molecule has 0 bridgehead atoms. The van der Waals surface area contributed by atoms with Crippen molar-refractivity contribution < 1.29 is 37.9 Å². The zero-order chi connectivity index (χ0) is 38.3. The summed E-state index contributed by atoms with van der Waals surface area (Å²) in [6.07, 6.45) is 10.9. The van der Waals surface area contributed by atoms with E-state index in [1.165, 1.54) is 18.5 Å². The van der Waals surface area contributed by atoms with Gasteiger partial charge < -0.3 is 39.7 Å². The van der Waals surface area contributed by atoms with E-state index in [1.807, 2.05) is 55.5 Å². The van der Waals surface area contributed by atoms with Gasteiger partial charge in [0.05, 0.1) is 34.8 Å². The largest absolute Gasteiger partial charge is 0.488 e. The van der Waals surface area contributed by atoms with Gasteiger partial charge in [-0.05, 0) is 56.0 Å². The monoisotopic (exact) mass is 789 g/mol. The number of sulfone groups is 1. The van der Waals surface area contributed by atoms with Gasteiger partial charge in [-0.3, -0.25) is 4.98 Å². The summed E-state index contributed by atoms with van der Waals surface area (Å²) in [6.45, 7) is 5.75. The second-order valence-corrected chi connectivity index (χ2v) is 17.3. The van der Waals surface area contributed by atoms with Crippen LogP contribution in [0.15, 0.2) is 84.0 Å². The van der Waals surface area contributed by atoms with E-state index < -0.39 is 25.9 Å². The number of hydrogen-bond donors (Lipinski definition) is 4. The van der Waals surface area contributed by atoms with Crippen LogP contribution in [-0.4, -0.2) is 108 Å². The van der Waals surface area contributed by atoms with Gasteiger partial charge in [-0.2, -0.15) is 0 Å². The highest BCUT2D eigenvalue weighted by molar-refractivity contribution is 7.90. The van der Waals surface area contributed by atoms with Crippen LogP contribution in [0.25, 0.3) is 5.57 Å². The van der Waals surface area contributed by atoms with E-state index in [0.717, 1.165) is 43.3 Å². The minimum absolute atomic E-state index is 0.0136. The number of aromatic nitrogens is 1. The molecule has 5 rings (SSSR count). The molecule has 1 aliphatic heterocycles. The topological polar surface area (TPSA) is 151 Å². The summed E-state index contributed by atoms with van der Waals surface area (Å²) in [4.78, 5) is 5.29. The summed E-state index contributed by atoms with van der Waals surface area (Å²) in [5.41, 5.74) is 0.839. The lowest BCUT2D eigenvalue weighted by Gasteiger charge is -2.45. The number of ether oxygens (including phenoxy) is 3. The molecule has 11 nitrogen and oxygen atoms in total. The predicted octanol–water partition coefficient (Wildman–Crippen LogP) is 4.79. The van der Waals surface area contributed by atoms with E-state index >= 15 is 0 Å². The number of benzene rings is 2. The van der Waals surface area contributed by atoms with E-state index in [1.54, 1.807) is 19.1 Å². The summed E-state index contributed by atoms with van der Waals surface area (Å²) >= 11 is 14.4. The van der Waals surface area contributed by atoms with E-state index in [2.05, 4.69) is 15.2 Å². The highest BCUT2D eigenvalue weighted by atomic mass is 35.5. The van der Waals surface area contributed by atoms with Crippen molar-refractivity contribution in [1.29, 1.82) is 0 Å². The SMILES string of the molecule is CC(CO)(CO)NCc1cc(Cl)c(OCC2(OCCCN3CCC(O)C3)C=CC=C(c3ccccc3)[C@@]2(C)Cl)cc1OCc1cncc(S(C)(=O)=O)c1. The third-order valence-corrected chi connectivity index (χ3v) is 11.7.